The van der Waals surface area contributed by atoms with Crippen molar-refractivity contribution in [2.24, 2.45) is 34.5 Å². The Labute approximate surface area is 116 Å². The predicted octanol–water partition coefficient (Wildman–Crippen LogP) is 4.12. The minimum atomic E-state index is -0.794. The Morgan fingerprint density at radius 3 is 2.63 bits per heavy atom. The van der Waals surface area contributed by atoms with E-state index in [9.17, 15) is 4.79 Å². The van der Waals surface area contributed by atoms with Crippen molar-refractivity contribution in [3.8, 4) is 0 Å². The van der Waals surface area contributed by atoms with E-state index in [1.54, 1.807) is 0 Å². The van der Waals surface area contributed by atoms with Gasteiger partial charge in [-0.25, -0.2) is 4.79 Å². The van der Waals surface area contributed by atoms with Gasteiger partial charge in [0, 0.05) is 6.08 Å². The molecule has 0 aliphatic heterocycles. The highest BCUT2D eigenvalue weighted by Gasteiger charge is 2.63. The topological polar surface area (TPSA) is 37.3 Å². The summed E-state index contributed by atoms with van der Waals surface area (Å²) >= 11 is 0. The summed E-state index contributed by atoms with van der Waals surface area (Å²) in [5, 5.41) is 8.94. The van der Waals surface area contributed by atoms with Crippen molar-refractivity contribution < 1.29 is 9.90 Å². The number of aliphatic carboxylic acids is 1. The number of carboxylic acids is 1. The second-order valence-electron chi connectivity index (χ2n) is 7.94. The molecule has 3 rings (SSSR count). The molecule has 3 saturated carbocycles. The van der Waals surface area contributed by atoms with E-state index in [4.69, 9.17) is 5.11 Å². The van der Waals surface area contributed by atoms with Crippen LogP contribution in [0.15, 0.2) is 12.2 Å². The Morgan fingerprint density at radius 1 is 1.21 bits per heavy atom. The van der Waals surface area contributed by atoms with Crippen LogP contribution >= 0.6 is 0 Å². The molecule has 4 bridgehead atoms. The second-order valence-corrected chi connectivity index (χ2v) is 7.94. The van der Waals surface area contributed by atoms with Crippen molar-refractivity contribution in [1.82, 2.24) is 0 Å². The maximum Gasteiger partial charge on any atom is 0.327 e. The van der Waals surface area contributed by atoms with Crippen LogP contribution in [-0.4, -0.2) is 11.1 Å². The highest BCUT2D eigenvalue weighted by atomic mass is 16.4. The number of rotatable bonds is 2. The fourth-order valence-electron chi connectivity index (χ4n) is 6.02. The smallest absolute Gasteiger partial charge is 0.327 e. The van der Waals surface area contributed by atoms with Gasteiger partial charge in [-0.1, -0.05) is 33.3 Å². The maximum absolute atomic E-state index is 10.9. The molecule has 3 aliphatic carbocycles. The molecule has 2 nitrogen and oxygen atoms in total. The normalized spacial score (nSPS) is 47.5. The van der Waals surface area contributed by atoms with Crippen LogP contribution in [0.1, 0.15) is 52.9 Å². The molecule has 0 amide bonds. The van der Waals surface area contributed by atoms with Crippen LogP contribution in [0.5, 0.6) is 0 Å². The fourth-order valence-corrected chi connectivity index (χ4v) is 6.02. The molecule has 1 N–H and O–H groups in total. The third kappa shape index (κ3) is 1.79. The van der Waals surface area contributed by atoms with Crippen molar-refractivity contribution in [1.29, 1.82) is 0 Å². The number of hydrogen-bond donors (Lipinski definition) is 1. The zero-order valence-corrected chi connectivity index (χ0v) is 12.4. The Hall–Kier alpha value is -0.790. The molecule has 0 aromatic heterocycles. The molecule has 0 heterocycles. The first kappa shape index (κ1) is 13.2. The van der Waals surface area contributed by atoms with Crippen LogP contribution in [0.2, 0.25) is 0 Å². The van der Waals surface area contributed by atoms with Gasteiger partial charge in [0.1, 0.15) is 0 Å². The van der Waals surface area contributed by atoms with E-state index in [0.29, 0.717) is 16.7 Å². The summed E-state index contributed by atoms with van der Waals surface area (Å²) in [6, 6.07) is 0. The van der Waals surface area contributed by atoms with Gasteiger partial charge >= 0.3 is 5.97 Å². The first-order chi connectivity index (χ1) is 8.86. The first-order valence-corrected chi connectivity index (χ1v) is 7.77. The Kier molecular flexibility index (Phi) is 2.85. The molecule has 2 heteroatoms. The second kappa shape index (κ2) is 4.10. The molecule has 3 aliphatic rings. The molecule has 0 aromatic rings. The van der Waals surface area contributed by atoms with Crippen LogP contribution in [0, 0.1) is 34.5 Å². The monoisotopic (exact) mass is 262 g/mol. The summed E-state index contributed by atoms with van der Waals surface area (Å²) in [7, 11) is 0. The van der Waals surface area contributed by atoms with E-state index < -0.39 is 5.97 Å². The van der Waals surface area contributed by atoms with Crippen LogP contribution in [0.25, 0.3) is 0 Å². The van der Waals surface area contributed by atoms with E-state index in [1.807, 2.05) is 6.08 Å². The highest BCUT2D eigenvalue weighted by Crippen LogP contribution is 2.70. The molecular formula is C17H26O2. The van der Waals surface area contributed by atoms with Crippen molar-refractivity contribution in [2.45, 2.75) is 52.9 Å². The Morgan fingerprint density at radius 2 is 1.95 bits per heavy atom. The summed E-state index contributed by atoms with van der Waals surface area (Å²) < 4.78 is 0. The van der Waals surface area contributed by atoms with Crippen molar-refractivity contribution >= 4 is 5.97 Å². The lowest BCUT2D eigenvalue weighted by Crippen LogP contribution is -2.32. The highest BCUT2D eigenvalue weighted by molar-refractivity contribution is 5.79. The first-order valence-electron chi connectivity index (χ1n) is 7.77. The molecule has 0 saturated heterocycles. The summed E-state index contributed by atoms with van der Waals surface area (Å²) in [6.45, 7) is 7.32. The Balaban J connectivity index is 1.99. The minimum absolute atomic E-state index is 0.354. The van der Waals surface area contributed by atoms with Gasteiger partial charge in [0.25, 0.3) is 0 Å². The number of carbonyl (C=O) groups is 1. The van der Waals surface area contributed by atoms with E-state index in [2.05, 4.69) is 20.8 Å². The van der Waals surface area contributed by atoms with Gasteiger partial charge in [-0.05, 0) is 60.2 Å². The summed E-state index contributed by atoms with van der Waals surface area (Å²) in [6.07, 6.45) is 10.0. The van der Waals surface area contributed by atoms with E-state index in [0.717, 1.165) is 17.8 Å². The average molecular weight is 262 g/mol. The average Bonchev–Trinajstić information content (AvgIpc) is 2.78. The largest absolute Gasteiger partial charge is 0.478 e. The fraction of sp³-hybridized carbons (Fsp3) is 0.824. The molecule has 5 atom stereocenters. The number of hydrogen-bond acceptors (Lipinski definition) is 1. The van der Waals surface area contributed by atoms with Crippen LogP contribution < -0.4 is 0 Å². The molecule has 19 heavy (non-hydrogen) atoms. The summed E-state index contributed by atoms with van der Waals surface area (Å²) in [5.41, 5.74) is 0.794. The standard InChI is InChI=1S/C17H26O2/c1-16(2)9-4-10-17(3)12(7-8-14(18)19)11-5-6-13(17)15(11)16/h7-8,11-13,15H,4-6,9-10H2,1-3H3,(H,18,19)/b8-7-/t11-,12+,13-,15-,17-/m1/s1. The molecule has 0 radical (unpaired) electrons. The third-order valence-corrected chi connectivity index (χ3v) is 6.66. The van der Waals surface area contributed by atoms with Gasteiger partial charge in [0.05, 0.1) is 0 Å². The lowest BCUT2D eigenvalue weighted by molar-refractivity contribution is -0.131. The molecule has 3 fully saturated rings. The Bertz CT molecular complexity index is 423. The van der Waals surface area contributed by atoms with Gasteiger partial charge < -0.3 is 5.11 Å². The van der Waals surface area contributed by atoms with Crippen molar-refractivity contribution in [3.63, 3.8) is 0 Å². The van der Waals surface area contributed by atoms with Crippen molar-refractivity contribution in [2.75, 3.05) is 0 Å². The van der Waals surface area contributed by atoms with Crippen LogP contribution in [-0.2, 0) is 4.79 Å². The number of carboxylic acid groups (broad SMARTS) is 1. The molecular weight excluding hydrogens is 236 g/mol. The summed E-state index contributed by atoms with van der Waals surface area (Å²) in [4.78, 5) is 10.9. The van der Waals surface area contributed by atoms with E-state index in [-0.39, 0.29) is 0 Å². The molecule has 0 unspecified atom stereocenters. The quantitative estimate of drug-likeness (QED) is 0.760. The van der Waals surface area contributed by atoms with Crippen LogP contribution in [0.3, 0.4) is 0 Å². The predicted molar refractivity (Wildman–Crippen MR) is 75.7 cm³/mol. The van der Waals surface area contributed by atoms with E-state index in [1.165, 1.54) is 38.2 Å². The van der Waals surface area contributed by atoms with Gasteiger partial charge in [-0.2, -0.15) is 0 Å². The summed E-state index contributed by atoms with van der Waals surface area (Å²) in [5.74, 6) is 2.05. The van der Waals surface area contributed by atoms with E-state index >= 15 is 0 Å². The lowest BCUT2D eigenvalue weighted by atomic mass is 9.65. The lowest BCUT2D eigenvalue weighted by Gasteiger charge is -2.40. The zero-order chi connectivity index (χ0) is 13.8. The zero-order valence-electron chi connectivity index (χ0n) is 12.4. The van der Waals surface area contributed by atoms with Gasteiger partial charge in [0.2, 0.25) is 0 Å². The number of allylic oxidation sites excluding steroid dienone is 1. The van der Waals surface area contributed by atoms with Gasteiger partial charge in [0.15, 0.2) is 0 Å². The van der Waals surface area contributed by atoms with Crippen LogP contribution in [0.4, 0.5) is 0 Å². The molecule has 106 valence electrons. The maximum atomic E-state index is 10.9. The molecule has 0 aromatic carbocycles. The van der Waals surface area contributed by atoms with Crippen molar-refractivity contribution in [3.05, 3.63) is 12.2 Å². The minimum Gasteiger partial charge on any atom is -0.478 e. The molecule has 0 spiro atoms. The van der Waals surface area contributed by atoms with Gasteiger partial charge in [-0.3, -0.25) is 0 Å². The SMILES string of the molecule is CC1(C)CCC[C@@]2(C)[C@@H]3CC[C@@H]([C@H]31)[C@@H]2/C=C\C(=O)O. The van der Waals surface area contributed by atoms with Gasteiger partial charge in [-0.15, -0.1) is 0 Å². The third-order valence-electron chi connectivity index (χ3n) is 6.66.